The quantitative estimate of drug-likeness (QED) is 0.274. The SMILES string of the molecule is Cc1ccc(NC(=O)CN2C(=O)S/C(=C/c3cc(Br)c(OCc4ccc(F)cc4)c(Br)c3)C2=O)cc1C. The average Bonchev–Trinajstić information content (AvgIpc) is 3.09. The molecule has 0 atom stereocenters. The molecule has 3 aromatic rings. The largest absolute Gasteiger partial charge is 0.487 e. The summed E-state index contributed by atoms with van der Waals surface area (Å²) in [4.78, 5) is 39.0. The number of hydrogen-bond donors (Lipinski definition) is 1. The highest BCUT2D eigenvalue weighted by Gasteiger charge is 2.36. The minimum absolute atomic E-state index is 0.211. The summed E-state index contributed by atoms with van der Waals surface area (Å²) >= 11 is 7.74. The molecule has 10 heteroatoms. The van der Waals surface area contributed by atoms with Crippen LogP contribution in [0.2, 0.25) is 0 Å². The van der Waals surface area contributed by atoms with Crippen LogP contribution in [0.3, 0.4) is 0 Å². The van der Waals surface area contributed by atoms with Gasteiger partial charge >= 0.3 is 0 Å². The summed E-state index contributed by atoms with van der Waals surface area (Å²) in [6, 6.07) is 15.0. The molecule has 0 aliphatic carbocycles. The van der Waals surface area contributed by atoms with Crippen molar-refractivity contribution in [1.82, 2.24) is 4.90 Å². The van der Waals surface area contributed by atoms with Gasteiger partial charge in [0.15, 0.2) is 0 Å². The maximum atomic E-state index is 13.1. The smallest absolute Gasteiger partial charge is 0.294 e. The van der Waals surface area contributed by atoms with Crippen LogP contribution in [0.15, 0.2) is 68.4 Å². The molecule has 6 nitrogen and oxygen atoms in total. The molecule has 0 radical (unpaired) electrons. The van der Waals surface area contributed by atoms with Crippen LogP contribution in [0.1, 0.15) is 22.3 Å². The second-order valence-electron chi connectivity index (χ2n) is 8.34. The van der Waals surface area contributed by atoms with E-state index in [9.17, 15) is 18.8 Å². The molecule has 0 saturated carbocycles. The monoisotopic (exact) mass is 646 g/mol. The van der Waals surface area contributed by atoms with Gasteiger partial charge in [0.05, 0.1) is 13.9 Å². The predicted molar refractivity (Wildman–Crippen MR) is 150 cm³/mol. The van der Waals surface area contributed by atoms with Crippen LogP contribution in [-0.2, 0) is 16.2 Å². The first-order valence-electron chi connectivity index (χ1n) is 11.1. The van der Waals surface area contributed by atoms with Crippen molar-refractivity contribution in [2.45, 2.75) is 20.5 Å². The fourth-order valence-electron chi connectivity index (χ4n) is 3.49. The molecule has 37 heavy (non-hydrogen) atoms. The van der Waals surface area contributed by atoms with Crippen molar-refractivity contribution in [3.63, 3.8) is 0 Å². The number of amides is 3. The molecule has 0 bridgehead atoms. The van der Waals surface area contributed by atoms with E-state index in [1.165, 1.54) is 12.1 Å². The number of rotatable bonds is 7. The Labute approximate surface area is 234 Å². The number of aryl methyl sites for hydroxylation is 2. The first-order chi connectivity index (χ1) is 17.6. The van der Waals surface area contributed by atoms with E-state index in [4.69, 9.17) is 4.74 Å². The summed E-state index contributed by atoms with van der Waals surface area (Å²) in [6.45, 7) is 3.77. The van der Waals surface area contributed by atoms with E-state index in [1.54, 1.807) is 36.4 Å². The van der Waals surface area contributed by atoms with Crippen LogP contribution in [-0.4, -0.2) is 28.5 Å². The molecule has 1 aliphatic heterocycles. The zero-order chi connectivity index (χ0) is 26.7. The van der Waals surface area contributed by atoms with Gasteiger partial charge in [-0.3, -0.25) is 19.3 Å². The summed E-state index contributed by atoms with van der Waals surface area (Å²) in [5.41, 5.74) is 4.18. The van der Waals surface area contributed by atoms with Crippen LogP contribution < -0.4 is 10.1 Å². The topological polar surface area (TPSA) is 75.7 Å². The summed E-state index contributed by atoms with van der Waals surface area (Å²) in [7, 11) is 0. The van der Waals surface area contributed by atoms with Crippen LogP contribution in [0, 0.1) is 19.7 Å². The first-order valence-corrected chi connectivity index (χ1v) is 13.5. The Hall–Kier alpha value is -2.95. The van der Waals surface area contributed by atoms with Crippen molar-refractivity contribution < 1.29 is 23.5 Å². The lowest BCUT2D eigenvalue weighted by atomic mass is 10.1. The molecular formula is C27H21Br2FN2O4S. The van der Waals surface area contributed by atoms with E-state index in [0.717, 1.165) is 33.4 Å². The van der Waals surface area contributed by atoms with Gasteiger partial charge in [0.1, 0.15) is 24.7 Å². The van der Waals surface area contributed by atoms with Gasteiger partial charge in [-0.1, -0.05) is 18.2 Å². The van der Waals surface area contributed by atoms with Crippen molar-refractivity contribution in [2.24, 2.45) is 0 Å². The predicted octanol–water partition coefficient (Wildman–Crippen LogP) is 7.22. The zero-order valence-electron chi connectivity index (χ0n) is 19.8. The van der Waals surface area contributed by atoms with Crippen LogP contribution in [0.25, 0.3) is 6.08 Å². The lowest BCUT2D eigenvalue weighted by molar-refractivity contribution is -0.127. The lowest BCUT2D eigenvalue weighted by Crippen LogP contribution is -2.36. The Morgan fingerprint density at radius 2 is 1.70 bits per heavy atom. The first kappa shape index (κ1) is 27.1. The third-order valence-electron chi connectivity index (χ3n) is 5.58. The highest BCUT2D eigenvalue weighted by atomic mass is 79.9. The third kappa shape index (κ3) is 6.68. The summed E-state index contributed by atoms with van der Waals surface area (Å²) in [5, 5.41) is 2.22. The van der Waals surface area contributed by atoms with Gasteiger partial charge in [0.25, 0.3) is 11.1 Å². The van der Waals surface area contributed by atoms with Crippen molar-refractivity contribution in [3.8, 4) is 5.75 Å². The van der Waals surface area contributed by atoms with Gasteiger partial charge in [-0.2, -0.15) is 0 Å². The molecule has 4 rings (SSSR count). The fourth-order valence-corrected chi connectivity index (χ4v) is 5.78. The molecule has 3 amide bonds. The van der Waals surface area contributed by atoms with Gasteiger partial charge in [-0.25, -0.2) is 4.39 Å². The standard InChI is InChI=1S/C27H21Br2FN2O4S/c1-15-3-8-20(9-16(15)2)31-24(33)13-32-26(34)23(37-27(32)35)12-18-10-21(28)25(22(29)11-18)36-14-17-4-6-19(30)7-5-17/h3-12H,13-14H2,1-2H3,(H,31,33)/b23-12+. The van der Waals surface area contributed by atoms with Gasteiger partial charge in [0, 0.05) is 5.69 Å². The van der Waals surface area contributed by atoms with Gasteiger partial charge in [-0.05, 0) is 122 Å². The van der Waals surface area contributed by atoms with Crippen LogP contribution in [0.4, 0.5) is 14.9 Å². The molecule has 0 unspecified atom stereocenters. The third-order valence-corrected chi connectivity index (χ3v) is 7.67. The van der Waals surface area contributed by atoms with Crippen LogP contribution in [0.5, 0.6) is 5.75 Å². The van der Waals surface area contributed by atoms with Crippen molar-refractivity contribution in [3.05, 3.63) is 96.5 Å². The Balaban J connectivity index is 1.43. The zero-order valence-corrected chi connectivity index (χ0v) is 23.8. The van der Waals surface area contributed by atoms with E-state index in [0.29, 0.717) is 25.9 Å². The van der Waals surface area contributed by atoms with Gasteiger partial charge in [-0.15, -0.1) is 0 Å². The Morgan fingerprint density at radius 1 is 1.03 bits per heavy atom. The molecule has 1 aliphatic rings. The van der Waals surface area contributed by atoms with E-state index in [1.807, 2.05) is 26.0 Å². The number of carbonyl (C=O) groups is 3. The number of hydrogen-bond acceptors (Lipinski definition) is 5. The number of anilines is 1. The molecule has 1 N–H and O–H groups in total. The van der Waals surface area contributed by atoms with E-state index in [-0.39, 0.29) is 23.9 Å². The average molecular weight is 648 g/mol. The Kier molecular flexibility index (Phi) is 8.51. The molecule has 1 saturated heterocycles. The number of thioether (sulfide) groups is 1. The Morgan fingerprint density at radius 3 is 2.35 bits per heavy atom. The number of imide groups is 1. The fraction of sp³-hybridized carbons (Fsp3) is 0.148. The Bertz CT molecular complexity index is 1400. The number of benzene rings is 3. The number of ether oxygens (including phenoxy) is 1. The van der Waals surface area contributed by atoms with E-state index in [2.05, 4.69) is 37.2 Å². The molecule has 1 fully saturated rings. The maximum Gasteiger partial charge on any atom is 0.294 e. The highest BCUT2D eigenvalue weighted by Crippen LogP contribution is 2.38. The number of nitrogens with zero attached hydrogens (tertiary/aromatic N) is 1. The minimum atomic E-state index is -0.533. The second-order valence-corrected chi connectivity index (χ2v) is 11.0. The molecule has 1 heterocycles. The molecular weight excluding hydrogens is 627 g/mol. The van der Waals surface area contributed by atoms with Crippen molar-refractivity contribution in [1.29, 1.82) is 0 Å². The molecule has 3 aromatic carbocycles. The molecule has 0 aromatic heterocycles. The lowest BCUT2D eigenvalue weighted by Gasteiger charge is -2.13. The van der Waals surface area contributed by atoms with Crippen LogP contribution >= 0.6 is 43.6 Å². The molecule has 190 valence electrons. The number of halogens is 3. The normalized spacial score (nSPS) is 14.4. The summed E-state index contributed by atoms with van der Waals surface area (Å²) < 4.78 is 20.2. The van der Waals surface area contributed by atoms with Gasteiger partial charge in [0.2, 0.25) is 5.91 Å². The van der Waals surface area contributed by atoms with Crippen molar-refractivity contribution in [2.75, 3.05) is 11.9 Å². The number of carbonyl (C=O) groups excluding carboxylic acids is 3. The number of nitrogens with one attached hydrogen (secondary N) is 1. The van der Waals surface area contributed by atoms with Crippen molar-refractivity contribution >= 4 is 72.4 Å². The van der Waals surface area contributed by atoms with E-state index < -0.39 is 17.1 Å². The van der Waals surface area contributed by atoms with Gasteiger partial charge < -0.3 is 10.1 Å². The summed E-state index contributed by atoms with van der Waals surface area (Å²) in [6.07, 6.45) is 1.59. The minimum Gasteiger partial charge on any atom is -0.487 e. The molecule has 0 spiro atoms. The summed E-state index contributed by atoms with van der Waals surface area (Å²) in [5.74, 6) is -0.770. The maximum absolute atomic E-state index is 13.1. The van der Waals surface area contributed by atoms with E-state index >= 15 is 0 Å². The second kappa shape index (κ2) is 11.6. The highest BCUT2D eigenvalue weighted by molar-refractivity contribution is 9.11.